The number of hydrogen-bond acceptors (Lipinski definition) is 2. The van der Waals surface area contributed by atoms with Crippen LogP contribution in [0.2, 0.25) is 0 Å². The number of anilines is 1. The number of nitrogens with one attached hydrogen (secondary N) is 1. The van der Waals surface area contributed by atoms with Gasteiger partial charge >= 0.3 is 0 Å². The zero-order valence-electron chi connectivity index (χ0n) is 17.8. The number of carbonyl (C=O) groups is 1. The molecule has 0 spiro atoms. The van der Waals surface area contributed by atoms with E-state index in [4.69, 9.17) is 97.3 Å². The van der Waals surface area contributed by atoms with Gasteiger partial charge < -0.3 is 4.42 Å². The molecule has 0 fully saturated rings. The molecule has 0 aliphatic heterocycles. The maximum Gasteiger partial charge on any atom is 0.223 e. The lowest BCUT2D eigenvalue weighted by molar-refractivity contribution is -0.114. The van der Waals surface area contributed by atoms with Crippen molar-refractivity contribution in [2.24, 2.45) is 0 Å². The third kappa shape index (κ3) is 10.8. The average molecular weight is 363 g/mol. The zero-order chi connectivity index (χ0) is 24.5. The predicted molar refractivity (Wildman–Crippen MR) is 160 cm³/mol. The molecule has 31 heavy (non-hydrogen) atoms. The Hall–Kier alpha value is 0.179. The third-order valence-electron chi connectivity index (χ3n) is 4.82. The van der Waals surface area contributed by atoms with Crippen LogP contribution in [0.15, 0.2) is 22.8 Å². The van der Waals surface area contributed by atoms with Crippen LogP contribution in [0.4, 0.5) is 5.88 Å². The third-order valence-corrected chi connectivity index (χ3v) is 4.82. The maximum atomic E-state index is 10.3. The molecule has 0 aromatic carbocycles. The van der Waals surface area contributed by atoms with Crippen molar-refractivity contribution in [1.82, 2.24) is 0 Å². The van der Waals surface area contributed by atoms with Gasteiger partial charge in [0.05, 0.1) is 6.26 Å². The van der Waals surface area contributed by atoms with Gasteiger partial charge in [-0.15, -0.1) is 0 Å². The summed E-state index contributed by atoms with van der Waals surface area (Å²) in [6.07, 6.45) is -6.83. The molecule has 1 amide bonds. The van der Waals surface area contributed by atoms with E-state index in [-0.39, 0.29) is 5.91 Å². The second kappa shape index (κ2) is 15.2. The van der Waals surface area contributed by atoms with E-state index in [1.807, 2.05) is 0 Å². The fraction of sp³-hybridized carbons (Fsp3) is 0.167. The first-order chi connectivity index (χ1) is 14.2. The Morgan fingerprint density at radius 3 is 1.19 bits per heavy atom. The SMILES string of the molecule is CC(=O)Nc1ccco1.[B]B([B])B(B([B])[B])B(B(B([B])[B])B([B])[B])B(B([B])[B])B([B])[B]. The smallest absolute Gasteiger partial charge is 0.223 e. The molecule has 24 radical (unpaired) electrons. The minimum atomic E-state index is -0.926. The first kappa shape index (κ1) is 31.2. The Bertz CT molecular complexity index is 534. The van der Waals surface area contributed by atoms with Gasteiger partial charge in [-0.05, 0) is 6.07 Å². The summed E-state index contributed by atoms with van der Waals surface area (Å²) in [5.41, 5.74) is 0. The van der Waals surface area contributed by atoms with Crippen molar-refractivity contribution in [3.05, 3.63) is 18.4 Å². The number of furan rings is 1. The fourth-order valence-corrected chi connectivity index (χ4v) is 3.60. The second-order valence-corrected chi connectivity index (χ2v) is 7.43. The van der Waals surface area contributed by atoms with Crippen molar-refractivity contribution < 1.29 is 9.21 Å². The first-order valence-electron chi connectivity index (χ1n) is 9.60. The molecule has 1 rings (SSSR count). The summed E-state index contributed by atoms with van der Waals surface area (Å²) in [6.45, 7) is 1.43. The molecule has 25 heteroatoms. The molecule has 1 heterocycles. The minimum absolute atomic E-state index is 0.120. The average Bonchev–Trinajstić information content (AvgIpc) is 3.05. The van der Waals surface area contributed by atoms with Gasteiger partial charge in [-0.2, -0.15) is 0 Å². The zero-order valence-corrected chi connectivity index (χ0v) is 17.8. The van der Waals surface area contributed by atoms with E-state index in [0.717, 1.165) is 0 Å². The van der Waals surface area contributed by atoms with Crippen LogP contribution in [0, 0.1) is 0 Å². The predicted octanol–water partition coefficient (Wildman–Crippen LogP) is -7.14. The van der Waals surface area contributed by atoms with Gasteiger partial charge in [0.25, 0.3) is 0 Å². The summed E-state index contributed by atoms with van der Waals surface area (Å²) in [4.78, 5) is 10.3. The highest BCUT2D eigenvalue weighted by molar-refractivity contribution is 8.22. The van der Waals surface area contributed by atoms with Crippen molar-refractivity contribution in [2.75, 3.05) is 5.32 Å². The van der Waals surface area contributed by atoms with Crippen molar-refractivity contribution in [3.63, 3.8) is 0 Å². The van der Waals surface area contributed by atoms with Crippen LogP contribution in [-0.2, 0) is 4.79 Å². The van der Waals surface area contributed by atoms with Crippen LogP contribution >= 0.6 is 0 Å². The van der Waals surface area contributed by atoms with Crippen LogP contribution in [0.3, 0.4) is 0 Å². The lowest BCUT2D eigenvalue weighted by Crippen LogP contribution is -2.83. The Labute approximate surface area is 207 Å². The summed E-state index contributed by atoms with van der Waals surface area (Å²) in [5.74, 6) is 0.368. The number of hydrogen-bond donors (Lipinski definition) is 1. The molecule has 114 valence electrons. The number of carbonyl (C=O) groups excluding carboxylic acids is 1. The molecule has 0 atom stereocenters. The lowest BCUT2D eigenvalue weighted by Gasteiger charge is -2.45. The summed E-state index contributed by atoms with van der Waals surface area (Å²) in [7, 11) is 69.7. The summed E-state index contributed by atoms with van der Waals surface area (Å²) >= 11 is 0. The van der Waals surface area contributed by atoms with Crippen molar-refractivity contribution in [2.45, 2.75) is 6.92 Å². The van der Waals surface area contributed by atoms with Crippen LogP contribution in [0.5, 0.6) is 0 Å². The fourth-order valence-electron chi connectivity index (χ4n) is 3.60. The summed E-state index contributed by atoms with van der Waals surface area (Å²) in [5, 5.41) is 2.48. The normalized spacial score (nSPS) is 9.19. The largest absolute Gasteiger partial charge is 0.449 e. The lowest BCUT2D eigenvalue weighted by atomic mass is 8.36. The van der Waals surface area contributed by atoms with Gasteiger partial charge in [-0.1, -0.05) is 0 Å². The molecule has 0 saturated carbocycles. The maximum absolute atomic E-state index is 10.3. The van der Waals surface area contributed by atoms with Crippen LogP contribution in [-0.4, -0.2) is 163 Å². The van der Waals surface area contributed by atoms with Crippen molar-refractivity contribution in [1.29, 1.82) is 0 Å². The quantitative estimate of drug-likeness (QED) is 0.420. The van der Waals surface area contributed by atoms with Crippen LogP contribution < -0.4 is 5.32 Å². The molecular weight excluding hydrogens is 356 g/mol. The molecule has 0 aliphatic rings. The van der Waals surface area contributed by atoms with Gasteiger partial charge in [-0.3, -0.25) is 10.1 Å². The Morgan fingerprint density at radius 2 is 1.00 bits per heavy atom. The Kier molecular flexibility index (Phi) is 15.2. The highest BCUT2D eigenvalue weighted by atomic mass is 16.3. The van der Waals surface area contributed by atoms with Gasteiger partial charge in [0.2, 0.25) is 5.91 Å². The van der Waals surface area contributed by atoms with E-state index in [9.17, 15) is 4.79 Å². The monoisotopic (exact) mass is 367 g/mol. The minimum Gasteiger partial charge on any atom is -0.449 e. The van der Waals surface area contributed by atoms with E-state index in [1.165, 1.54) is 13.2 Å². The Balaban J connectivity index is 0.000000823. The molecule has 1 aromatic heterocycles. The van der Waals surface area contributed by atoms with Gasteiger partial charge in [-0.25, -0.2) is 0 Å². The standard InChI is InChI=1S/C6H7NO2.B22/c1-5(8)7-6-3-2-4-9-6;1-13(2)19(14(3)4)22(20(15(5)6)16(7)8)21(17(9)10)18(11)12/h2-4H,1H3,(H,7,8);. The Morgan fingerprint density at radius 1 is 0.677 bits per heavy atom. The van der Waals surface area contributed by atoms with Crippen molar-refractivity contribution in [3.8, 4) is 0 Å². The van der Waals surface area contributed by atoms with E-state index >= 15 is 0 Å². The molecule has 0 bridgehead atoms. The molecule has 0 aliphatic carbocycles. The molecule has 0 unspecified atom stereocenters. The van der Waals surface area contributed by atoms with E-state index in [0.29, 0.717) is 5.88 Å². The second-order valence-electron chi connectivity index (χ2n) is 7.43. The topological polar surface area (TPSA) is 42.2 Å². The van der Waals surface area contributed by atoms with Crippen LogP contribution in [0.25, 0.3) is 0 Å². The van der Waals surface area contributed by atoms with Crippen LogP contribution in [0.1, 0.15) is 6.92 Å². The number of amides is 1. The van der Waals surface area contributed by atoms with Gasteiger partial charge in [0, 0.05) is 170 Å². The molecule has 1 aromatic rings. The molecule has 0 saturated heterocycles. The molecule has 1 N–H and O–H groups in total. The molecule has 3 nitrogen and oxygen atoms in total. The summed E-state index contributed by atoms with van der Waals surface area (Å²) in [6, 6.07) is 3.40. The number of rotatable bonds is 10. The van der Waals surface area contributed by atoms with Crippen molar-refractivity contribution >= 4 is 168 Å². The van der Waals surface area contributed by atoms with Gasteiger partial charge in [0.1, 0.15) is 0 Å². The van der Waals surface area contributed by atoms with E-state index in [1.54, 1.807) is 12.1 Å². The van der Waals surface area contributed by atoms with E-state index < -0.39 is 63.9 Å². The van der Waals surface area contributed by atoms with E-state index in [2.05, 4.69) is 5.32 Å². The van der Waals surface area contributed by atoms with Gasteiger partial charge in [0.15, 0.2) is 5.88 Å². The highest BCUT2D eigenvalue weighted by Crippen LogP contribution is 2.08. The highest BCUT2D eigenvalue weighted by Gasteiger charge is 2.46. The molecular formula is C6H7B22NO2. The first-order valence-corrected chi connectivity index (χ1v) is 9.60. The summed E-state index contributed by atoms with van der Waals surface area (Å²) < 4.78 is 4.81.